The number of carboxylic acids is 1. The zero-order valence-corrected chi connectivity index (χ0v) is 10.1. The minimum atomic E-state index is -0.881. The Labute approximate surface area is 100 Å². The maximum absolute atomic E-state index is 10.4. The predicted molar refractivity (Wildman–Crippen MR) is 58.4 cm³/mol. The number of aliphatic carboxylic acids is 1. The molecule has 0 saturated carbocycles. The van der Waals surface area contributed by atoms with Gasteiger partial charge in [0.05, 0.1) is 18.3 Å². The molecule has 0 aromatic heterocycles. The molecule has 17 heavy (non-hydrogen) atoms. The van der Waals surface area contributed by atoms with Crippen LogP contribution in [0.25, 0.3) is 0 Å². The molecular formula is C11H20O6. The summed E-state index contributed by atoms with van der Waals surface area (Å²) >= 11 is 0. The van der Waals surface area contributed by atoms with Crippen molar-refractivity contribution in [1.29, 1.82) is 0 Å². The molecule has 6 nitrogen and oxygen atoms in total. The zero-order chi connectivity index (χ0) is 13.0. The molecule has 1 aliphatic rings. The third kappa shape index (κ3) is 4.59. The average Bonchev–Trinajstić information content (AvgIpc) is 2.23. The summed E-state index contributed by atoms with van der Waals surface area (Å²) in [6, 6.07) is 0. The fourth-order valence-electron chi connectivity index (χ4n) is 1.69. The maximum atomic E-state index is 10.4. The van der Waals surface area contributed by atoms with Gasteiger partial charge in [-0.05, 0) is 20.3 Å². The number of ether oxygens (including phenoxy) is 2. The summed E-state index contributed by atoms with van der Waals surface area (Å²) < 4.78 is 10.7. The molecule has 1 heterocycles. The minimum Gasteiger partial charge on any atom is -0.481 e. The number of aliphatic hydroxyl groups is 2. The molecule has 0 amide bonds. The lowest BCUT2D eigenvalue weighted by atomic mass is 10.0. The van der Waals surface area contributed by atoms with Gasteiger partial charge in [-0.25, -0.2) is 0 Å². The van der Waals surface area contributed by atoms with E-state index in [0.29, 0.717) is 6.42 Å². The van der Waals surface area contributed by atoms with Crippen molar-refractivity contribution in [2.75, 3.05) is 0 Å². The van der Waals surface area contributed by atoms with Gasteiger partial charge in [-0.1, -0.05) is 0 Å². The fourth-order valence-corrected chi connectivity index (χ4v) is 1.69. The van der Waals surface area contributed by atoms with Crippen LogP contribution in [-0.4, -0.2) is 52.0 Å². The first-order chi connectivity index (χ1) is 7.90. The minimum absolute atomic E-state index is 0.0160. The van der Waals surface area contributed by atoms with Crippen LogP contribution in [0.3, 0.4) is 0 Å². The quantitative estimate of drug-likeness (QED) is 0.639. The lowest BCUT2D eigenvalue weighted by molar-refractivity contribution is -0.273. The number of carbonyl (C=O) groups is 1. The third-order valence-corrected chi connectivity index (χ3v) is 2.82. The van der Waals surface area contributed by atoms with Crippen LogP contribution in [-0.2, 0) is 14.3 Å². The van der Waals surface area contributed by atoms with E-state index in [4.69, 9.17) is 14.6 Å². The van der Waals surface area contributed by atoms with Crippen molar-refractivity contribution in [2.45, 2.75) is 63.8 Å². The van der Waals surface area contributed by atoms with Crippen molar-refractivity contribution in [3.05, 3.63) is 0 Å². The van der Waals surface area contributed by atoms with Gasteiger partial charge in [0.1, 0.15) is 6.10 Å². The molecule has 1 rings (SSSR count). The maximum Gasteiger partial charge on any atom is 0.303 e. The highest BCUT2D eigenvalue weighted by Gasteiger charge is 2.35. The molecule has 0 radical (unpaired) electrons. The normalized spacial score (nSPS) is 35.5. The van der Waals surface area contributed by atoms with E-state index in [1.54, 1.807) is 13.8 Å². The van der Waals surface area contributed by atoms with Gasteiger partial charge in [0.2, 0.25) is 0 Å². The van der Waals surface area contributed by atoms with E-state index in [1.165, 1.54) is 0 Å². The molecule has 3 N–H and O–H groups in total. The molecule has 0 aliphatic carbocycles. The molecule has 6 heteroatoms. The summed E-state index contributed by atoms with van der Waals surface area (Å²) in [7, 11) is 0. The standard InChI is InChI=1S/C11H20O6/c1-6(3-4-10(14)15)16-11-9(13)5-8(12)7(2)17-11/h6-9,11-13H,3-5H2,1-2H3,(H,14,15)/t6-,7+,8-,9-,11-/m1/s1. The van der Waals surface area contributed by atoms with Gasteiger partial charge in [0, 0.05) is 12.8 Å². The van der Waals surface area contributed by atoms with E-state index in [9.17, 15) is 15.0 Å². The van der Waals surface area contributed by atoms with E-state index in [0.717, 1.165) is 0 Å². The largest absolute Gasteiger partial charge is 0.481 e. The summed E-state index contributed by atoms with van der Waals surface area (Å²) in [5.41, 5.74) is 0. The van der Waals surface area contributed by atoms with Crippen LogP contribution in [0.2, 0.25) is 0 Å². The molecule has 0 aromatic carbocycles. The van der Waals surface area contributed by atoms with Crippen LogP contribution in [0.1, 0.15) is 33.1 Å². The van der Waals surface area contributed by atoms with Crippen molar-refractivity contribution in [3.63, 3.8) is 0 Å². The Morgan fingerprint density at radius 1 is 1.47 bits per heavy atom. The predicted octanol–water partition coefficient (Wildman–Crippen LogP) is 0.113. The van der Waals surface area contributed by atoms with Gasteiger partial charge >= 0.3 is 5.97 Å². The molecule has 0 aromatic rings. The SMILES string of the molecule is C[C@H](CCC(=O)O)O[C@@H]1O[C@@H](C)[C@H](O)C[C@H]1O. The highest BCUT2D eigenvalue weighted by molar-refractivity contribution is 5.66. The Morgan fingerprint density at radius 2 is 2.12 bits per heavy atom. The van der Waals surface area contributed by atoms with E-state index < -0.39 is 30.6 Å². The summed E-state index contributed by atoms with van der Waals surface area (Å²) in [5, 5.41) is 27.6. The molecular weight excluding hydrogens is 228 g/mol. The molecule has 1 aliphatic heterocycles. The Hall–Kier alpha value is -0.690. The molecule has 0 unspecified atom stereocenters. The first-order valence-electron chi connectivity index (χ1n) is 5.79. The van der Waals surface area contributed by atoms with E-state index >= 15 is 0 Å². The monoisotopic (exact) mass is 248 g/mol. The number of aliphatic hydroxyl groups excluding tert-OH is 2. The number of hydrogen-bond donors (Lipinski definition) is 3. The molecule has 1 fully saturated rings. The van der Waals surface area contributed by atoms with Crippen LogP contribution in [0.15, 0.2) is 0 Å². The summed E-state index contributed by atoms with van der Waals surface area (Å²) in [6.45, 7) is 3.43. The summed E-state index contributed by atoms with van der Waals surface area (Å²) in [6.07, 6.45) is -2.49. The van der Waals surface area contributed by atoms with E-state index in [-0.39, 0.29) is 18.9 Å². The Kier molecular flexibility index (Phi) is 5.32. The molecule has 1 saturated heterocycles. The van der Waals surface area contributed by atoms with Crippen molar-refractivity contribution >= 4 is 5.97 Å². The first-order valence-corrected chi connectivity index (χ1v) is 5.79. The van der Waals surface area contributed by atoms with E-state index in [2.05, 4.69) is 0 Å². The second-order valence-electron chi connectivity index (χ2n) is 4.46. The highest BCUT2D eigenvalue weighted by atomic mass is 16.7. The average molecular weight is 248 g/mol. The van der Waals surface area contributed by atoms with Crippen molar-refractivity contribution in [1.82, 2.24) is 0 Å². The topological polar surface area (TPSA) is 96.2 Å². The number of hydrogen-bond acceptors (Lipinski definition) is 5. The van der Waals surface area contributed by atoms with Gasteiger partial charge < -0.3 is 24.8 Å². The smallest absolute Gasteiger partial charge is 0.303 e. The van der Waals surface area contributed by atoms with Crippen LogP contribution in [0, 0.1) is 0 Å². The lowest BCUT2D eigenvalue weighted by Gasteiger charge is -2.36. The Morgan fingerprint density at radius 3 is 2.71 bits per heavy atom. The van der Waals surface area contributed by atoms with Crippen molar-refractivity contribution < 1.29 is 29.6 Å². The van der Waals surface area contributed by atoms with Gasteiger partial charge in [0.15, 0.2) is 6.29 Å². The lowest BCUT2D eigenvalue weighted by Crippen LogP contribution is -2.48. The van der Waals surface area contributed by atoms with Gasteiger partial charge in [0.25, 0.3) is 0 Å². The Bertz CT molecular complexity index is 256. The number of carboxylic acid groups (broad SMARTS) is 1. The van der Waals surface area contributed by atoms with Gasteiger partial charge in [-0.2, -0.15) is 0 Å². The van der Waals surface area contributed by atoms with E-state index in [1.807, 2.05) is 0 Å². The summed E-state index contributed by atoms with van der Waals surface area (Å²) in [5.74, 6) is -0.880. The van der Waals surface area contributed by atoms with Crippen LogP contribution >= 0.6 is 0 Å². The second kappa shape index (κ2) is 6.30. The van der Waals surface area contributed by atoms with Crippen molar-refractivity contribution in [2.24, 2.45) is 0 Å². The molecule has 0 spiro atoms. The third-order valence-electron chi connectivity index (χ3n) is 2.82. The van der Waals surface area contributed by atoms with Gasteiger partial charge in [-0.15, -0.1) is 0 Å². The Balaban J connectivity index is 2.37. The highest BCUT2D eigenvalue weighted by Crippen LogP contribution is 2.22. The van der Waals surface area contributed by atoms with Gasteiger partial charge in [-0.3, -0.25) is 4.79 Å². The summed E-state index contributed by atoms with van der Waals surface area (Å²) in [4.78, 5) is 10.4. The van der Waals surface area contributed by atoms with Crippen LogP contribution in [0.4, 0.5) is 0 Å². The fraction of sp³-hybridized carbons (Fsp3) is 0.909. The second-order valence-corrected chi connectivity index (χ2v) is 4.46. The van der Waals surface area contributed by atoms with Crippen LogP contribution < -0.4 is 0 Å². The first kappa shape index (κ1) is 14.4. The zero-order valence-electron chi connectivity index (χ0n) is 10.1. The van der Waals surface area contributed by atoms with Crippen LogP contribution in [0.5, 0.6) is 0 Å². The van der Waals surface area contributed by atoms with Crippen molar-refractivity contribution in [3.8, 4) is 0 Å². The molecule has 0 bridgehead atoms. The molecule has 5 atom stereocenters. The number of rotatable bonds is 5. The molecule has 100 valence electrons.